The zero-order valence-corrected chi connectivity index (χ0v) is 13.7. The average molecular weight is 325 g/mol. The SMILES string of the molecule is O=C(C[C@@H]1CNCCO1)NN(Cc1ccccc1)c1ccccc1. The summed E-state index contributed by atoms with van der Waals surface area (Å²) in [5.74, 6) is -0.0384. The fourth-order valence-electron chi connectivity index (χ4n) is 2.72. The van der Waals surface area contributed by atoms with Gasteiger partial charge < -0.3 is 10.1 Å². The standard InChI is InChI=1S/C19H23N3O2/c23-19(13-18-14-20-11-12-24-18)21-22(17-9-5-2-6-10-17)15-16-7-3-1-4-8-16/h1-10,18,20H,11-15H2,(H,21,23)/t18-/m1/s1. The molecule has 24 heavy (non-hydrogen) atoms. The molecular weight excluding hydrogens is 302 g/mol. The highest BCUT2D eigenvalue weighted by Gasteiger charge is 2.19. The molecule has 2 aromatic carbocycles. The molecule has 1 aliphatic rings. The summed E-state index contributed by atoms with van der Waals surface area (Å²) in [6, 6.07) is 20.0. The third kappa shape index (κ3) is 4.81. The molecule has 1 aliphatic heterocycles. The first kappa shape index (κ1) is 16.5. The number of hydrazine groups is 1. The number of rotatable bonds is 6. The van der Waals surface area contributed by atoms with Crippen LogP contribution in [-0.2, 0) is 16.1 Å². The second kappa shape index (κ2) is 8.47. The summed E-state index contributed by atoms with van der Waals surface area (Å²) in [4.78, 5) is 12.4. The maximum atomic E-state index is 12.4. The summed E-state index contributed by atoms with van der Waals surface area (Å²) in [7, 11) is 0. The van der Waals surface area contributed by atoms with Crippen LogP contribution in [0.3, 0.4) is 0 Å². The van der Waals surface area contributed by atoms with E-state index in [1.54, 1.807) is 0 Å². The fourth-order valence-corrected chi connectivity index (χ4v) is 2.72. The van der Waals surface area contributed by atoms with E-state index in [-0.39, 0.29) is 12.0 Å². The summed E-state index contributed by atoms with van der Waals surface area (Å²) in [6.07, 6.45) is 0.290. The Morgan fingerprint density at radius 1 is 1.12 bits per heavy atom. The summed E-state index contributed by atoms with van der Waals surface area (Å²) in [6.45, 7) is 2.84. The fraction of sp³-hybridized carbons (Fsp3) is 0.316. The summed E-state index contributed by atoms with van der Waals surface area (Å²) in [5, 5.41) is 5.13. The number of hydrogen-bond acceptors (Lipinski definition) is 4. The number of amides is 1. The van der Waals surface area contributed by atoms with Gasteiger partial charge in [0, 0.05) is 13.1 Å². The van der Waals surface area contributed by atoms with E-state index in [1.165, 1.54) is 0 Å². The van der Waals surface area contributed by atoms with Crippen LogP contribution in [0.4, 0.5) is 5.69 Å². The highest BCUT2D eigenvalue weighted by Crippen LogP contribution is 2.15. The first-order valence-corrected chi connectivity index (χ1v) is 8.29. The first-order chi connectivity index (χ1) is 11.8. The van der Waals surface area contributed by atoms with Gasteiger partial charge in [0.15, 0.2) is 0 Å². The molecule has 2 aromatic rings. The van der Waals surface area contributed by atoms with Gasteiger partial charge in [-0.3, -0.25) is 15.2 Å². The highest BCUT2D eigenvalue weighted by atomic mass is 16.5. The minimum Gasteiger partial charge on any atom is -0.375 e. The van der Waals surface area contributed by atoms with Crippen LogP contribution < -0.4 is 15.8 Å². The summed E-state index contributed by atoms with van der Waals surface area (Å²) in [5.41, 5.74) is 5.11. The molecule has 0 unspecified atom stereocenters. The lowest BCUT2D eigenvalue weighted by Gasteiger charge is -2.28. The van der Waals surface area contributed by atoms with E-state index < -0.39 is 0 Å². The zero-order chi connectivity index (χ0) is 16.6. The smallest absolute Gasteiger partial charge is 0.241 e. The predicted molar refractivity (Wildman–Crippen MR) is 94.4 cm³/mol. The Balaban J connectivity index is 1.66. The van der Waals surface area contributed by atoms with Crippen LogP contribution in [0.1, 0.15) is 12.0 Å². The van der Waals surface area contributed by atoms with Crippen LogP contribution in [0.5, 0.6) is 0 Å². The highest BCUT2D eigenvalue weighted by molar-refractivity contribution is 5.78. The molecule has 1 amide bonds. The Morgan fingerprint density at radius 3 is 2.50 bits per heavy atom. The number of hydrogen-bond donors (Lipinski definition) is 2. The minimum atomic E-state index is -0.0619. The van der Waals surface area contributed by atoms with Crippen molar-refractivity contribution in [3.8, 4) is 0 Å². The van der Waals surface area contributed by atoms with Crippen molar-refractivity contribution in [1.82, 2.24) is 10.7 Å². The molecule has 126 valence electrons. The molecule has 1 fully saturated rings. The van der Waals surface area contributed by atoms with Gasteiger partial charge in [-0.2, -0.15) is 0 Å². The van der Waals surface area contributed by atoms with Crippen LogP contribution in [0.25, 0.3) is 0 Å². The van der Waals surface area contributed by atoms with Gasteiger partial charge in [0.1, 0.15) is 0 Å². The Bertz CT molecular complexity index is 628. The van der Waals surface area contributed by atoms with Crippen molar-refractivity contribution >= 4 is 11.6 Å². The van der Waals surface area contributed by atoms with E-state index >= 15 is 0 Å². The van der Waals surface area contributed by atoms with Gasteiger partial charge in [-0.1, -0.05) is 48.5 Å². The lowest BCUT2D eigenvalue weighted by Crippen LogP contribution is -2.46. The molecule has 0 aromatic heterocycles. The van der Waals surface area contributed by atoms with Crippen LogP contribution in [0, 0.1) is 0 Å². The number of carbonyl (C=O) groups is 1. The van der Waals surface area contributed by atoms with Crippen molar-refractivity contribution in [3.63, 3.8) is 0 Å². The van der Waals surface area contributed by atoms with E-state index in [2.05, 4.69) is 22.9 Å². The molecule has 1 heterocycles. The van der Waals surface area contributed by atoms with E-state index in [0.717, 1.165) is 24.3 Å². The predicted octanol–water partition coefficient (Wildman–Crippen LogP) is 2.10. The van der Waals surface area contributed by atoms with E-state index in [0.29, 0.717) is 19.6 Å². The van der Waals surface area contributed by atoms with Gasteiger partial charge >= 0.3 is 0 Å². The largest absolute Gasteiger partial charge is 0.375 e. The van der Waals surface area contributed by atoms with Gasteiger partial charge in [-0.05, 0) is 17.7 Å². The topological polar surface area (TPSA) is 53.6 Å². The van der Waals surface area contributed by atoms with Gasteiger partial charge in [0.25, 0.3) is 0 Å². The maximum absolute atomic E-state index is 12.4. The maximum Gasteiger partial charge on any atom is 0.241 e. The Labute approximate surface area is 142 Å². The number of anilines is 1. The summed E-state index contributed by atoms with van der Waals surface area (Å²) < 4.78 is 5.61. The molecule has 0 bridgehead atoms. The summed E-state index contributed by atoms with van der Waals surface area (Å²) >= 11 is 0. The monoisotopic (exact) mass is 325 g/mol. The number of carbonyl (C=O) groups excluding carboxylic acids is 1. The average Bonchev–Trinajstić information content (AvgIpc) is 2.63. The lowest BCUT2D eigenvalue weighted by atomic mass is 10.2. The van der Waals surface area contributed by atoms with Gasteiger partial charge in [0.05, 0.1) is 31.4 Å². The molecule has 0 radical (unpaired) electrons. The molecule has 5 heteroatoms. The molecule has 0 spiro atoms. The number of morpholine rings is 1. The third-order valence-corrected chi connectivity index (χ3v) is 3.93. The van der Waals surface area contributed by atoms with Crippen LogP contribution in [-0.4, -0.2) is 31.7 Å². The molecule has 2 N–H and O–H groups in total. The Kier molecular flexibility index (Phi) is 5.82. The Morgan fingerprint density at radius 2 is 1.83 bits per heavy atom. The van der Waals surface area contributed by atoms with Crippen molar-refractivity contribution in [2.45, 2.75) is 19.1 Å². The Hall–Kier alpha value is -2.37. The molecule has 1 saturated heterocycles. The minimum absolute atomic E-state index is 0.0384. The number of ether oxygens (including phenoxy) is 1. The van der Waals surface area contributed by atoms with Crippen LogP contribution >= 0.6 is 0 Å². The number of benzene rings is 2. The number of nitrogens with zero attached hydrogens (tertiary/aromatic N) is 1. The molecule has 1 atom stereocenters. The van der Waals surface area contributed by atoms with Crippen molar-refractivity contribution in [3.05, 3.63) is 66.2 Å². The second-order valence-electron chi connectivity index (χ2n) is 5.84. The normalized spacial score (nSPS) is 17.2. The molecule has 0 aliphatic carbocycles. The van der Waals surface area contributed by atoms with Crippen LogP contribution in [0.2, 0.25) is 0 Å². The number of para-hydroxylation sites is 1. The third-order valence-electron chi connectivity index (χ3n) is 3.93. The van der Waals surface area contributed by atoms with Crippen molar-refractivity contribution in [2.75, 3.05) is 24.7 Å². The number of nitrogens with one attached hydrogen (secondary N) is 2. The van der Waals surface area contributed by atoms with Gasteiger partial charge in [-0.25, -0.2) is 0 Å². The van der Waals surface area contributed by atoms with E-state index in [9.17, 15) is 4.79 Å². The van der Waals surface area contributed by atoms with Crippen molar-refractivity contribution in [1.29, 1.82) is 0 Å². The zero-order valence-electron chi connectivity index (χ0n) is 13.7. The second-order valence-corrected chi connectivity index (χ2v) is 5.84. The quantitative estimate of drug-likeness (QED) is 0.799. The first-order valence-electron chi connectivity index (χ1n) is 8.29. The van der Waals surface area contributed by atoms with E-state index in [1.807, 2.05) is 53.5 Å². The molecule has 3 rings (SSSR count). The van der Waals surface area contributed by atoms with Crippen LogP contribution in [0.15, 0.2) is 60.7 Å². The molecule has 5 nitrogen and oxygen atoms in total. The molecular formula is C19H23N3O2. The lowest BCUT2D eigenvalue weighted by molar-refractivity contribution is -0.124. The van der Waals surface area contributed by atoms with Crippen molar-refractivity contribution < 1.29 is 9.53 Å². The van der Waals surface area contributed by atoms with Gasteiger partial charge in [0.2, 0.25) is 5.91 Å². The molecule has 0 saturated carbocycles. The van der Waals surface area contributed by atoms with Crippen molar-refractivity contribution in [2.24, 2.45) is 0 Å². The van der Waals surface area contributed by atoms with E-state index in [4.69, 9.17) is 4.74 Å². The van der Waals surface area contributed by atoms with Gasteiger partial charge in [-0.15, -0.1) is 0 Å².